The number of amides is 1. The van der Waals surface area contributed by atoms with Crippen LogP contribution in [-0.4, -0.2) is 18.0 Å². The summed E-state index contributed by atoms with van der Waals surface area (Å²) >= 11 is 8.95. The summed E-state index contributed by atoms with van der Waals surface area (Å²) in [6.07, 6.45) is 0.153. The largest absolute Gasteiger partial charge is 0.495 e. The summed E-state index contributed by atoms with van der Waals surface area (Å²) in [5, 5.41) is 5.05. The number of methoxy groups -OCH3 is 1. The molecule has 1 heterocycles. The SMILES string of the molecule is COc1ccc(NC(=O)Cc2csc(SCc3ccccc3F)n2)cc1Cl. The lowest BCUT2D eigenvalue weighted by molar-refractivity contribution is -0.115. The third-order valence-corrected chi connectivity index (χ3v) is 6.03. The minimum atomic E-state index is -0.223. The molecule has 1 N–H and O–H groups in total. The Morgan fingerprint density at radius 2 is 2.15 bits per heavy atom. The molecule has 0 spiro atoms. The van der Waals surface area contributed by atoms with Crippen LogP contribution in [0, 0.1) is 5.82 Å². The van der Waals surface area contributed by atoms with Gasteiger partial charge in [-0.2, -0.15) is 0 Å². The lowest BCUT2D eigenvalue weighted by atomic mass is 10.2. The minimum absolute atomic E-state index is 0.153. The molecule has 140 valence electrons. The summed E-state index contributed by atoms with van der Waals surface area (Å²) in [4.78, 5) is 16.6. The number of carbonyl (C=O) groups is 1. The molecule has 3 aromatic rings. The van der Waals surface area contributed by atoms with E-state index >= 15 is 0 Å². The van der Waals surface area contributed by atoms with Gasteiger partial charge in [-0.3, -0.25) is 4.79 Å². The molecule has 0 radical (unpaired) electrons. The van der Waals surface area contributed by atoms with Crippen molar-refractivity contribution in [2.45, 2.75) is 16.5 Å². The summed E-state index contributed by atoms with van der Waals surface area (Å²) < 4.78 is 19.5. The molecular weight excluding hydrogens is 407 g/mol. The second-order valence-electron chi connectivity index (χ2n) is 5.56. The van der Waals surface area contributed by atoms with Gasteiger partial charge >= 0.3 is 0 Å². The average Bonchev–Trinajstić information content (AvgIpc) is 3.08. The zero-order chi connectivity index (χ0) is 19.2. The van der Waals surface area contributed by atoms with Crippen LogP contribution in [0.15, 0.2) is 52.2 Å². The number of nitrogens with zero attached hydrogens (tertiary/aromatic N) is 1. The summed E-state index contributed by atoms with van der Waals surface area (Å²) in [6.45, 7) is 0. The van der Waals surface area contributed by atoms with Crippen LogP contribution in [-0.2, 0) is 17.0 Å². The molecule has 2 aromatic carbocycles. The number of benzene rings is 2. The highest BCUT2D eigenvalue weighted by atomic mass is 35.5. The number of anilines is 1. The van der Waals surface area contributed by atoms with Crippen molar-refractivity contribution < 1.29 is 13.9 Å². The molecule has 0 fully saturated rings. The highest BCUT2D eigenvalue weighted by Crippen LogP contribution is 2.28. The molecule has 0 bridgehead atoms. The zero-order valence-corrected chi connectivity index (χ0v) is 16.8. The Labute approximate surface area is 169 Å². The van der Waals surface area contributed by atoms with Gasteiger partial charge in [0.1, 0.15) is 15.9 Å². The summed E-state index contributed by atoms with van der Waals surface area (Å²) in [5.74, 6) is 0.632. The number of thiazole rings is 1. The van der Waals surface area contributed by atoms with E-state index in [2.05, 4.69) is 10.3 Å². The van der Waals surface area contributed by atoms with Gasteiger partial charge in [0.05, 0.1) is 24.2 Å². The lowest BCUT2D eigenvalue weighted by Crippen LogP contribution is -2.14. The van der Waals surface area contributed by atoms with Crippen molar-refractivity contribution in [3.05, 3.63) is 69.9 Å². The quantitative estimate of drug-likeness (QED) is 0.516. The maximum absolute atomic E-state index is 13.7. The van der Waals surface area contributed by atoms with Crippen LogP contribution in [0.3, 0.4) is 0 Å². The summed E-state index contributed by atoms with van der Waals surface area (Å²) in [7, 11) is 1.53. The van der Waals surface area contributed by atoms with E-state index in [0.29, 0.717) is 33.5 Å². The van der Waals surface area contributed by atoms with Gasteiger partial charge in [0.15, 0.2) is 0 Å². The van der Waals surface area contributed by atoms with E-state index in [4.69, 9.17) is 16.3 Å². The van der Waals surface area contributed by atoms with Crippen molar-refractivity contribution in [3.63, 3.8) is 0 Å². The molecule has 0 aliphatic carbocycles. The smallest absolute Gasteiger partial charge is 0.230 e. The highest BCUT2D eigenvalue weighted by Gasteiger charge is 2.11. The van der Waals surface area contributed by atoms with E-state index in [0.717, 1.165) is 4.34 Å². The van der Waals surface area contributed by atoms with Crippen LogP contribution in [0.5, 0.6) is 5.75 Å². The molecule has 0 aliphatic rings. The number of thioether (sulfide) groups is 1. The van der Waals surface area contributed by atoms with Gasteiger partial charge in [0.2, 0.25) is 5.91 Å². The predicted octanol–water partition coefficient (Wildman–Crippen LogP) is 5.42. The van der Waals surface area contributed by atoms with Gasteiger partial charge in [-0.05, 0) is 29.8 Å². The van der Waals surface area contributed by atoms with Crippen LogP contribution in [0.25, 0.3) is 0 Å². The van der Waals surface area contributed by atoms with Gasteiger partial charge in [-0.1, -0.05) is 41.6 Å². The first-order valence-corrected chi connectivity index (χ1v) is 10.2. The molecule has 0 saturated heterocycles. The van der Waals surface area contributed by atoms with Crippen LogP contribution in [0.1, 0.15) is 11.3 Å². The third-order valence-electron chi connectivity index (χ3n) is 3.62. The number of ether oxygens (including phenoxy) is 1. The lowest BCUT2D eigenvalue weighted by Gasteiger charge is -2.07. The van der Waals surface area contributed by atoms with Crippen molar-refractivity contribution in [3.8, 4) is 5.75 Å². The van der Waals surface area contributed by atoms with E-state index < -0.39 is 0 Å². The molecule has 8 heteroatoms. The Morgan fingerprint density at radius 3 is 2.89 bits per heavy atom. The fourth-order valence-corrected chi connectivity index (χ4v) is 4.39. The average molecular weight is 423 g/mol. The number of hydrogen-bond acceptors (Lipinski definition) is 5. The van der Waals surface area contributed by atoms with E-state index in [-0.39, 0.29) is 18.1 Å². The fraction of sp³-hybridized carbons (Fsp3) is 0.158. The first-order valence-electron chi connectivity index (χ1n) is 7.99. The molecule has 0 aliphatic heterocycles. The second kappa shape index (κ2) is 9.21. The molecule has 27 heavy (non-hydrogen) atoms. The predicted molar refractivity (Wildman–Crippen MR) is 108 cm³/mol. The first kappa shape index (κ1) is 19.7. The topological polar surface area (TPSA) is 51.2 Å². The highest BCUT2D eigenvalue weighted by molar-refractivity contribution is 8.00. The number of rotatable bonds is 7. The number of nitrogens with one attached hydrogen (secondary N) is 1. The standard InChI is InChI=1S/C19H16ClFN2O2S2/c1-25-17-7-6-13(8-15(17)20)22-18(24)9-14-11-27-19(23-14)26-10-12-4-2-3-5-16(12)21/h2-8,11H,9-10H2,1H3,(H,22,24). The Bertz CT molecular complexity index is 949. The normalized spacial score (nSPS) is 10.6. The van der Waals surface area contributed by atoms with Gasteiger partial charge < -0.3 is 10.1 Å². The third kappa shape index (κ3) is 5.45. The number of halogens is 2. The first-order chi connectivity index (χ1) is 13.0. The van der Waals surface area contributed by atoms with Crippen LogP contribution >= 0.6 is 34.7 Å². The van der Waals surface area contributed by atoms with Crippen LogP contribution < -0.4 is 10.1 Å². The number of carbonyl (C=O) groups excluding carboxylic acids is 1. The van der Waals surface area contributed by atoms with Gasteiger partial charge in [-0.25, -0.2) is 9.37 Å². The molecule has 4 nitrogen and oxygen atoms in total. The summed E-state index contributed by atoms with van der Waals surface area (Å²) in [5.41, 5.74) is 1.90. The molecule has 1 amide bonds. The molecular formula is C19H16ClFN2O2S2. The Hall–Kier alpha value is -2.09. The van der Waals surface area contributed by atoms with Gasteiger partial charge in [0.25, 0.3) is 0 Å². The number of aromatic nitrogens is 1. The molecule has 0 unspecified atom stereocenters. The van der Waals surface area contributed by atoms with E-state index in [1.165, 1.54) is 36.3 Å². The van der Waals surface area contributed by atoms with Crippen molar-refractivity contribution in [2.24, 2.45) is 0 Å². The molecule has 0 saturated carbocycles. The Morgan fingerprint density at radius 1 is 1.33 bits per heavy atom. The fourth-order valence-electron chi connectivity index (χ4n) is 2.30. The van der Waals surface area contributed by atoms with Crippen LogP contribution in [0.2, 0.25) is 5.02 Å². The van der Waals surface area contributed by atoms with Crippen LogP contribution in [0.4, 0.5) is 10.1 Å². The minimum Gasteiger partial charge on any atom is -0.495 e. The molecule has 0 atom stereocenters. The maximum atomic E-state index is 13.7. The molecule has 1 aromatic heterocycles. The summed E-state index contributed by atoms with van der Waals surface area (Å²) in [6, 6.07) is 11.7. The van der Waals surface area contributed by atoms with Crippen molar-refractivity contribution in [2.75, 3.05) is 12.4 Å². The zero-order valence-electron chi connectivity index (χ0n) is 14.4. The Balaban J connectivity index is 1.54. The van der Waals surface area contributed by atoms with Gasteiger partial charge in [-0.15, -0.1) is 11.3 Å². The monoisotopic (exact) mass is 422 g/mol. The second-order valence-corrected chi connectivity index (χ2v) is 8.05. The van der Waals surface area contributed by atoms with E-state index in [1.807, 2.05) is 11.4 Å². The van der Waals surface area contributed by atoms with Crippen molar-refractivity contribution >= 4 is 46.3 Å². The maximum Gasteiger partial charge on any atom is 0.230 e. The number of hydrogen-bond donors (Lipinski definition) is 1. The van der Waals surface area contributed by atoms with E-state index in [1.54, 1.807) is 30.3 Å². The van der Waals surface area contributed by atoms with E-state index in [9.17, 15) is 9.18 Å². The molecule has 3 rings (SSSR count). The Kier molecular flexibility index (Phi) is 6.71. The van der Waals surface area contributed by atoms with Crippen molar-refractivity contribution in [1.29, 1.82) is 0 Å². The van der Waals surface area contributed by atoms with Gasteiger partial charge in [0, 0.05) is 16.8 Å². The van der Waals surface area contributed by atoms with Crippen molar-refractivity contribution in [1.82, 2.24) is 4.98 Å².